The molecule has 1 aromatic carbocycles. The number of phenolic OH excluding ortho intramolecular Hbond substituents is 1. The number of nitrogens with zero attached hydrogens (tertiary/aromatic N) is 1. The maximum atomic E-state index is 10.7. The zero-order valence-electron chi connectivity index (χ0n) is 13.9. The first-order valence-corrected chi connectivity index (χ1v) is 9.11. The predicted octanol–water partition coefficient (Wildman–Crippen LogP) is 5.50. The number of phenols is 1. The highest BCUT2D eigenvalue weighted by Crippen LogP contribution is 2.38. The van der Waals surface area contributed by atoms with Gasteiger partial charge in [0.15, 0.2) is 0 Å². The van der Waals surface area contributed by atoms with Crippen molar-refractivity contribution in [3.63, 3.8) is 0 Å². The summed E-state index contributed by atoms with van der Waals surface area (Å²) < 4.78 is 0. The van der Waals surface area contributed by atoms with E-state index in [1.165, 1.54) is 69.8 Å². The van der Waals surface area contributed by atoms with Gasteiger partial charge in [0.1, 0.15) is 5.75 Å². The van der Waals surface area contributed by atoms with E-state index in [2.05, 4.69) is 19.1 Å². The minimum atomic E-state index is 0.465. The fourth-order valence-corrected chi connectivity index (χ4v) is 4.07. The molecule has 2 saturated carbocycles. The van der Waals surface area contributed by atoms with Gasteiger partial charge in [-0.1, -0.05) is 44.6 Å². The summed E-state index contributed by atoms with van der Waals surface area (Å²) in [5.74, 6) is 1.02. The Kier molecular flexibility index (Phi) is 5.17. The number of aliphatic imine (C=N–C) groups is 1. The van der Waals surface area contributed by atoms with E-state index in [-0.39, 0.29) is 0 Å². The molecule has 0 heterocycles. The summed E-state index contributed by atoms with van der Waals surface area (Å²) in [7, 11) is 0. The molecule has 0 amide bonds. The minimum absolute atomic E-state index is 0.465. The van der Waals surface area contributed by atoms with Crippen LogP contribution in [0.2, 0.25) is 0 Å². The largest absolute Gasteiger partial charge is 0.507 e. The fraction of sp³-hybridized carbons (Fsp3) is 0.650. The number of rotatable bonds is 3. The molecule has 1 aromatic rings. The maximum Gasteiger partial charge on any atom is 0.127 e. The number of aryl methyl sites for hydroxylation is 1. The van der Waals surface area contributed by atoms with Crippen LogP contribution in [0.1, 0.15) is 86.8 Å². The normalized spacial score (nSPS) is 21.5. The van der Waals surface area contributed by atoms with Gasteiger partial charge in [-0.25, -0.2) is 0 Å². The lowest BCUT2D eigenvalue weighted by molar-refractivity contribution is 0.413. The molecule has 2 nitrogen and oxygen atoms in total. The molecule has 0 unspecified atom stereocenters. The van der Waals surface area contributed by atoms with Crippen molar-refractivity contribution in [3.8, 4) is 5.75 Å². The van der Waals surface area contributed by atoms with E-state index in [0.717, 1.165) is 11.1 Å². The van der Waals surface area contributed by atoms with Gasteiger partial charge in [-0.15, -0.1) is 0 Å². The molecule has 0 radical (unpaired) electrons. The third kappa shape index (κ3) is 3.71. The highest BCUT2D eigenvalue weighted by atomic mass is 16.3. The average Bonchev–Trinajstić information content (AvgIpc) is 2.57. The zero-order chi connectivity index (χ0) is 15.4. The molecule has 1 N–H and O–H groups in total. The quantitative estimate of drug-likeness (QED) is 0.734. The van der Waals surface area contributed by atoms with Crippen LogP contribution in [0, 0.1) is 6.92 Å². The smallest absolute Gasteiger partial charge is 0.127 e. The first kappa shape index (κ1) is 15.6. The van der Waals surface area contributed by atoms with Crippen LogP contribution in [-0.2, 0) is 0 Å². The molecular formula is C20H29NO. The number of benzene rings is 1. The van der Waals surface area contributed by atoms with Gasteiger partial charge in [-0.05, 0) is 55.7 Å². The Morgan fingerprint density at radius 3 is 2.27 bits per heavy atom. The molecule has 2 heteroatoms. The molecular weight excluding hydrogens is 270 g/mol. The summed E-state index contributed by atoms with van der Waals surface area (Å²) >= 11 is 0. The van der Waals surface area contributed by atoms with Crippen molar-refractivity contribution in [3.05, 3.63) is 28.8 Å². The van der Waals surface area contributed by atoms with Crippen molar-refractivity contribution in [1.29, 1.82) is 0 Å². The van der Waals surface area contributed by atoms with E-state index in [4.69, 9.17) is 4.99 Å². The first-order valence-electron chi connectivity index (χ1n) is 9.11. The molecule has 0 saturated heterocycles. The van der Waals surface area contributed by atoms with Crippen molar-refractivity contribution in [2.45, 2.75) is 83.1 Å². The number of hydrogen-bond acceptors (Lipinski definition) is 2. The molecule has 2 aliphatic carbocycles. The first-order chi connectivity index (χ1) is 10.7. The monoisotopic (exact) mass is 299 g/mol. The van der Waals surface area contributed by atoms with Crippen LogP contribution in [0.25, 0.3) is 0 Å². The van der Waals surface area contributed by atoms with Gasteiger partial charge < -0.3 is 5.11 Å². The standard InChI is InChI=1S/C20H29NO/c1-15-12-17(14-21-18-10-6-3-7-11-18)20(22)19(13-15)16-8-4-2-5-9-16/h12-14,16,18,22H,2-11H2,1H3. The average molecular weight is 299 g/mol. The summed E-state index contributed by atoms with van der Waals surface area (Å²) in [6.07, 6.45) is 14.7. The van der Waals surface area contributed by atoms with Crippen molar-refractivity contribution in [2.24, 2.45) is 4.99 Å². The van der Waals surface area contributed by atoms with E-state index < -0.39 is 0 Å². The van der Waals surface area contributed by atoms with Crippen molar-refractivity contribution in [1.82, 2.24) is 0 Å². The summed E-state index contributed by atoms with van der Waals surface area (Å²) in [6, 6.07) is 4.73. The van der Waals surface area contributed by atoms with Crippen molar-refractivity contribution >= 4 is 6.21 Å². The Morgan fingerprint density at radius 1 is 0.955 bits per heavy atom. The molecule has 0 bridgehead atoms. The Hall–Kier alpha value is -1.31. The lowest BCUT2D eigenvalue weighted by Gasteiger charge is -2.24. The third-order valence-electron chi connectivity index (χ3n) is 5.36. The van der Waals surface area contributed by atoms with Crippen LogP contribution < -0.4 is 0 Å². The van der Waals surface area contributed by atoms with Crippen LogP contribution in [0.4, 0.5) is 0 Å². The van der Waals surface area contributed by atoms with E-state index in [9.17, 15) is 5.11 Å². The molecule has 2 aliphatic rings. The van der Waals surface area contributed by atoms with E-state index >= 15 is 0 Å². The van der Waals surface area contributed by atoms with Crippen LogP contribution in [-0.4, -0.2) is 17.4 Å². The molecule has 0 spiro atoms. The van der Waals surface area contributed by atoms with Crippen molar-refractivity contribution < 1.29 is 5.11 Å². The minimum Gasteiger partial charge on any atom is -0.507 e. The number of hydrogen-bond donors (Lipinski definition) is 1. The Morgan fingerprint density at radius 2 is 1.59 bits per heavy atom. The zero-order valence-corrected chi connectivity index (χ0v) is 13.9. The topological polar surface area (TPSA) is 32.6 Å². The highest BCUT2D eigenvalue weighted by molar-refractivity contribution is 5.84. The van der Waals surface area contributed by atoms with Gasteiger partial charge in [0.05, 0.1) is 0 Å². The predicted molar refractivity (Wildman–Crippen MR) is 93.1 cm³/mol. The van der Waals surface area contributed by atoms with Gasteiger partial charge in [0, 0.05) is 17.8 Å². The lowest BCUT2D eigenvalue weighted by Crippen LogP contribution is -2.10. The summed E-state index contributed by atoms with van der Waals surface area (Å²) in [5, 5.41) is 10.7. The van der Waals surface area contributed by atoms with Crippen LogP contribution in [0.5, 0.6) is 5.75 Å². The summed E-state index contributed by atoms with van der Waals surface area (Å²) in [5.41, 5.74) is 3.32. The van der Waals surface area contributed by atoms with E-state index in [0.29, 0.717) is 17.7 Å². The molecule has 0 aromatic heterocycles. The van der Waals surface area contributed by atoms with E-state index in [1.807, 2.05) is 6.21 Å². The van der Waals surface area contributed by atoms with Crippen molar-refractivity contribution in [2.75, 3.05) is 0 Å². The van der Waals surface area contributed by atoms with Gasteiger partial charge in [0.25, 0.3) is 0 Å². The maximum absolute atomic E-state index is 10.7. The Labute approximate surface area is 134 Å². The molecule has 0 aliphatic heterocycles. The molecule has 120 valence electrons. The van der Waals surface area contributed by atoms with Crippen LogP contribution in [0.15, 0.2) is 17.1 Å². The van der Waals surface area contributed by atoms with Gasteiger partial charge in [-0.3, -0.25) is 4.99 Å². The van der Waals surface area contributed by atoms with E-state index in [1.54, 1.807) is 0 Å². The Balaban J connectivity index is 1.81. The second-order valence-electron chi connectivity index (χ2n) is 7.20. The number of aromatic hydroxyl groups is 1. The second kappa shape index (κ2) is 7.30. The van der Waals surface area contributed by atoms with Gasteiger partial charge in [-0.2, -0.15) is 0 Å². The molecule has 3 rings (SSSR count). The fourth-order valence-electron chi connectivity index (χ4n) is 4.07. The van der Waals surface area contributed by atoms with Gasteiger partial charge >= 0.3 is 0 Å². The third-order valence-corrected chi connectivity index (χ3v) is 5.36. The Bertz CT molecular complexity index is 523. The van der Waals surface area contributed by atoms with Crippen LogP contribution >= 0.6 is 0 Å². The molecule has 22 heavy (non-hydrogen) atoms. The highest BCUT2D eigenvalue weighted by Gasteiger charge is 2.20. The van der Waals surface area contributed by atoms with Crippen LogP contribution in [0.3, 0.4) is 0 Å². The SMILES string of the molecule is Cc1cc(C=NC2CCCCC2)c(O)c(C2CCCCC2)c1. The molecule has 0 atom stereocenters. The summed E-state index contributed by atoms with van der Waals surface area (Å²) in [4.78, 5) is 4.76. The van der Waals surface area contributed by atoms with Gasteiger partial charge in [0.2, 0.25) is 0 Å². The molecule has 2 fully saturated rings. The second-order valence-corrected chi connectivity index (χ2v) is 7.20. The lowest BCUT2D eigenvalue weighted by atomic mass is 9.82. The summed E-state index contributed by atoms with van der Waals surface area (Å²) in [6.45, 7) is 2.13.